The van der Waals surface area contributed by atoms with Crippen LogP contribution in [-0.4, -0.2) is 82.2 Å². The van der Waals surface area contributed by atoms with Crippen LogP contribution in [0.3, 0.4) is 0 Å². The molecular weight excluding hydrogens is 585 g/mol. The molecule has 5 rings (SSSR count). The van der Waals surface area contributed by atoms with Gasteiger partial charge in [0.05, 0.1) is 35.2 Å². The van der Waals surface area contributed by atoms with Crippen LogP contribution in [0.1, 0.15) is 30.6 Å². The zero-order valence-corrected chi connectivity index (χ0v) is 25.5. The lowest BCUT2D eigenvalue weighted by atomic mass is 9.94. The molecule has 220 valence electrons. The minimum absolute atomic E-state index is 0.0506. The fourth-order valence-corrected chi connectivity index (χ4v) is 9.11. The van der Waals surface area contributed by atoms with E-state index in [0.717, 1.165) is 12.0 Å². The minimum atomic E-state index is -3.69. The molecule has 1 N–H and O–H groups in total. The number of thiazole rings is 1. The van der Waals surface area contributed by atoms with Gasteiger partial charge in [0.25, 0.3) is 0 Å². The van der Waals surface area contributed by atoms with Gasteiger partial charge in [0, 0.05) is 42.7 Å². The Morgan fingerprint density at radius 2 is 1.61 bits per heavy atom. The molecule has 0 radical (unpaired) electrons. The first-order chi connectivity index (χ1) is 19.5. The molecule has 2 aromatic carbocycles. The van der Waals surface area contributed by atoms with Crippen LogP contribution in [-0.2, 0) is 24.8 Å². The molecule has 3 aromatic rings. The molecule has 0 amide bonds. The van der Waals surface area contributed by atoms with Crippen LogP contribution in [0.2, 0.25) is 0 Å². The summed E-state index contributed by atoms with van der Waals surface area (Å²) in [6, 6.07) is 12.8. The summed E-state index contributed by atoms with van der Waals surface area (Å²) >= 11 is 1.32. The molecule has 13 heteroatoms. The molecule has 0 bridgehead atoms. The molecule has 10 nitrogen and oxygen atoms in total. The van der Waals surface area contributed by atoms with Crippen molar-refractivity contribution in [1.29, 1.82) is 0 Å². The number of ether oxygens (including phenoxy) is 1. The smallest absolute Gasteiger partial charge is 0.243 e. The van der Waals surface area contributed by atoms with Gasteiger partial charge in [-0.15, -0.1) is 11.3 Å². The minimum Gasteiger partial charge on any atom is -0.379 e. The zero-order chi connectivity index (χ0) is 29.2. The van der Waals surface area contributed by atoms with E-state index in [-0.39, 0.29) is 34.0 Å². The lowest BCUT2D eigenvalue weighted by Crippen LogP contribution is -2.42. The first-order valence-corrected chi connectivity index (χ1v) is 17.3. The first kappa shape index (κ1) is 29.8. The van der Waals surface area contributed by atoms with Crippen LogP contribution < -0.4 is 5.32 Å². The van der Waals surface area contributed by atoms with E-state index in [2.05, 4.69) is 24.1 Å². The van der Waals surface area contributed by atoms with Crippen molar-refractivity contribution in [1.82, 2.24) is 13.6 Å². The van der Waals surface area contributed by atoms with Crippen LogP contribution in [0, 0.1) is 11.8 Å². The van der Waals surface area contributed by atoms with Crippen molar-refractivity contribution >= 4 is 42.3 Å². The number of carbonyl (C=O) groups is 1. The number of anilines is 1. The first-order valence-electron chi connectivity index (χ1n) is 13.5. The van der Waals surface area contributed by atoms with E-state index in [1.54, 1.807) is 36.4 Å². The number of nitrogens with zero attached hydrogens (tertiary/aromatic N) is 3. The Bertz CT molecular complexity index is 1590. The molecule has 2 aliphatic rings. The summed E-state index contributed by atoms with van der Waals surface area (Å²) in [7, 11) is -7.27. The fraction of sp³-hybridized carbons (Fsp3) is 0.429. The lowest BCUT2D eigenvalue weighted by molar-refractivity contribution is 0.0730. The summed E-state index contributed by atoms with van der Waals surface area (Å²) in [5.74, 6) is 0.315. The van der Waals surface area contributed by atoms with Gasteiger partial charge < -0.3 is 10.1 Å². The molecule has 2 fully saturated rings. The van der Waals surface area contributed by atoms with Crippen molar-refractivity contribution in [2.24, 2.45) is 11.8 Å². The van der Waals surface area contributed by atoms with Gasteiger partial charge in [-0.3, -0.25) is 4.79 Å². The van der Waals surface area contributed by atoms with E-state index in [4.69, 9.17) is 4.74 Å². The van der Waals surface area contributed by atoms with Crippen molar-refractivity contribution in [2.75, 3.05) is 51.3 Å². The maximum Gasteiger partial charge on any atom is 0.243 e. The molecule has 0 spiro atoms. The zero-order valence-electron chi connectivity index (χ0n) is 23.0. The van der Waals surface area contributed by atoms with Crippen LogP contribution in [0.5, 0.6) is 0 Å². The van der Waals surface area contributed by atoms with Crippen LogP contribution in [0.4, 0.5) is 5.13 Å². The number of hydrogen-bond acceptors (Lipinski definition) is 9. The maximum absolute atomic E-state index is 13.3. The molecule has 2 aliphatic heterocycles. The van der Waals surface area contributed by atoms with Crippen molar-refractivity contribution < 1.29 is 26.4 Å². The van der Waals surface area contributed by atoms with Gasteiger partial charge in [-0.1, -0.05) is 38.1 Å². The number of piperidine rings is 1. The summed E-state index contributed by atoms with van der Waals surface area (Å²) < 4.78 is 60.5. The molecule has 3 heterocycles. The Labute approximate surface area is 245 Å². The third kappa shape index (κ3) is 6.71. The van der Waals surface area contributed by atoms with Gasteiger partial charge >= 0.3 is 0 Å². The van der Waals surface area contributed by atoms with Crippen molar-refractivity contribution in [2.45, 2.75) is 30.1 Å². The highest BCUT2D eigenvalue weighted by molar-refractivity contribution is 7.89. The average molecular weight is 619 g/mol. The third-order valence-electron chi connectivity index (χ3n) is 7.29. The number of aromatic nitrogens is 1. The van der Waals surface area contributed by atoms with Gasteiger partial charge in [-0.25, -0.2) is 21.8 Å². The lowest BCUT2D eigenvalue weighted by Gasteiger charge is -2.34. The highest BCUT2D eigenvalue weighted by Crippen LogP contribution is 2.29. The number of benzene rings is 2. The number of morpholine rings is 1. The number of rotatable bonds is 9. The second-order valence-corrected chi connectivity index (χ2v) is 15.4. The number of carbonyl (C=O) groups excluding carboxylic acids is 1. The summed E-state index contributed by atoms with van der Waals surface area (Å²) in [5.41, 5.74) is 1.71. The molecular formula is C28H34N4O6S3. The van der Waals surface area contributed by atoms with Crippen LogP contribution in [0.25, 0.3) is 11.3 Å². The van der Waals surface area contributed by atoms with Gasteiger partial charge in [0.15, 0.2) is 10.9 Å². The van der Waals surface area contributed by atoms with E-state index in [1.165, 1.54) is 32.1 Å². The Kier molecular flexibility index (Phi) is 8.92. The Balaban J connectivity index is 1.22. The fourth-order valence-electron chi connectivity index (χ4n) is 5.26. The van der Waals surface area contributed by atoms with Crippen LogP contribution in [0.15, 0.2) is 63.7 Å². The number of ketones is 1. The number of Topliss-reactive ketones (excluding diaryl/α,β-unsaturated/α-hetero) is 1. The predicted molar refractivity (Wildman–Crippen MR) is 158 cm³/mol. The van der Waals surface area contributed by atoms with Gasteiger partial charge in [-0.05, 0) is 42.5 Å². The second-order valence-electron chi connectivity index (χ2n) is 10.7. The highest BCUT2D eigenvalue weighted by Gasteiger charge is 2.32. The Morgan fingerprint density at radius 1 is 0.951 bits per heavy atom. The van der Waals surface area contributed by atoms with Crippen molar-refractivity contribution in [3.05, 3.63) is 59.5 Å². The SMILES string of the molecule is CC1CC(C)CN(S(=O)(=O)c2cccc(C(=O)CNc3nc(-c4ccc(S(=O)(=O)N5CCOCC5)cc4)cs3)c2)C1. The highest BCUT2D eigenvalue weighted by atomic mass is 32.2. The normalized spacial score (nSPS) is 21.0. The monoisotopic (exact) mass is 618 g/mol. The van der Waals surface area contributed by atoms with E-state index >= 15 is 0 Å². The molecule has 2 unspecified atom stereocenters. The summed E-state index contributed by atoms with van der Waals surface area (Å²) in [4.78, 5) is 17.8. The molecule has 1 aromatic heterocycles. The van der Waals surface area contributed by atoms with Crippen molar-refractivity contribution in [3.8, 4) is 11.3 Å². The standard InChI is InChI=1S/C28H34N4O6S3/c1-20-14-21(2)18-32(17-20)41(36,37)25-5-3-4-23(15-25)27(33)16-29-28-30-26(19-39-28)22-6-8-24(9-7-22)40(34,35)31-10-12-38-13-11-31/h3-9,15,19-21H,10-14,16-18H2,1-2H3,(H,29,30). The topological polar surface area (TPSA) is 126 Å². The summed E-state index contributed by atoms with van der Waals surface area (Å²) in [6.07, 6.45) is 0.997. The van der Waals surface area contributed by atoms with Gasteiger partial charge in [0.2, 0.25) is 20.0 Å². The van der Waals surface area contributed by atoms with E-state index in [1.807, 2.05) is 5.38 Å². The molecule has 41 heavy (non-hydrogen) atoms. The molecule has 2 atom stereocenters. The van der Waals surface area contributed by atoms with E-state index in [9.17, 15) is 21.6 Å². The largest absolute Gasteiger partial charge is 0.379 e. The quantitative estimate of drug-likeness (QED) is 0.359. The van der Waals surface area contributed by atoms with Crippen molar-refractivity contribution in [3.63, 3.8) is 0 Å². The number of hydrogen-bond donors (Lipinski definition) is 1. The van der Waals surface area contributed by atoms with E-state index in [0.29, 0.717) is 55.8 Å². The van der Waals surface area contributed by atoms with Crippen LogP contribution >= 0.6 is 11.3 Å². The van der Waals surface area contributed by atoms with Gasteiger partial charge in [0.1, 0.15) is 0 Å². The summed E-state index contributed by atoms with van der Waals surface area (Å²) in [5, 5.41) is 5.38. The van der Waals surface area contributed by atoms with Gasteiger partial charge in [-0.2, -0.15) is 8.61 Å². The third-order valence-corrected chi connectivity index (χ3v) is 11.8. The maximum atomic E-state index is 13.3. The number of nitrogens with one attached hydrogen (secondary N) is 1. The average Bonchev–Trinajstić information content (AvgIpc) is 3.45. The van der Waals surface area contributed by atoms with E-state index < -0.39 is 20.0 Å². The Morgan fingerprint density at radius 3 is 2.29 bits per heavy atom. The second kappa shape index (κ2) is 12.3. The Hall–Kier alpha value is -2.68. The molecule has 0 aliphatic carbocycles. The molecule has 2 saturated heterocycles. The summed E-state index contributed by atoms with van der Waals surface area (Å²) in [6.45, 7) is 6.45. The predicted octanol–water partition coefficient (Wildman–Crippen LogP) is 3.79. The number of sulfonamides is 2. The molecule has 0 saturated carbocycles.